The lowest BCUT2D eigenvalue weighted by Gasteiger charge is -2.26. The summed E-state index contributed by atoms with van der Waals surface area (Å²) in [5.41, 5.74) is -2.94. The zero-order valence-corrected chi connectivity index (χ0v) is 16.1. The minimum atomic E-state index is -4.70. The number of nitro benzene ring substituents is 1. The number of ether oxygens (including phenoxy) is 1. The lowest BCUT2D eigenvalue weighted by Crippen LogP contribution is -2.38. The third-order valence-corrected chi connectivity index (χ3v) is 3.46. The molecule has 160 valence electrons. The lowest BCUT2D eigenvalue weighted by molar-refractivity contribution is -0.384. The number of halogens is 3. The van der Waals surface area contributed by atoms with Crippen LogP contribution in [-0.4, -0.2) is 22.6 Å². The summed E-state index contributed by atoms with van der Waals surface area (Å²) in [7, 11) is 0. The van der Waals surface area contributed by atoms with E-state index in [1.807, 2.05) is 0 Å². The number of carbonyl (C=O) groups is 2. The van der Waals surface area contributed by atoms with Gasteiger partial charge in [0.15, 0.2) is 0 Å². The van der Waals surface area contributed by atoms with E-state index in [0.717, 1.165) is 42.5 Å². The normalized spacial score (nSPS) is 11.5. The molecule has 0 saturated heterocycles. The van der Waals surface area contributed by atoms with Gasteiger partial charge in [0.1, 0.15) is 5.60 Å². The van der Waals surface area contributed by atoms with Crippen LogP contribution in [-0.2, 0) is 15.8 Å². The first kappa shape index (κ1) is 22.7. The fourth-order valence-electron chi connectivity index (χ4n) is 2.16. The maximum absolute atomic E-state index is 13.0. The van der Waals surface area contributed by atoms with Crippen LogP contribution in [0.5, 0.6) is 0 Å². The van der Waals surface area contributed by atoms with Gasteiger partial charge in [-0.1, -0.05) is 6.07 Å². The molecule has 1 amide bonds. The van der Waals surface area contributed by atoms with Gasteiger partial charge >= 0.3 is 18.2 Å². The van der Waals surface area contributed by atoms with E-state index in [9.17, 15) is 32.9 Å². The minimum absolute atomic E-state index is 0.166. The number of alkyl halides is 3. The molecule has 2 aromatic carbocycles. The van der Waals surface area contributed by atoms with E-state index in [1.165, 1.54) is 20.8 Å². The van der Waals surface area contributed by atoms with E-state index >= 15 is 0 Å². The molecule has 0 unspecified atom stereocenters. The summed E-state index contributed by atoms with van der Waals surface area (Å²) in [6, 6.07) is 7.82. The molecule has 11 heteroatoms. The number of carbonyl (C=O) groups excluding carboxylic acids is 2. The average Bonchev–Trinajstić information content (AvgIpc) is 2.64. The number of benzene rings is 2. The molecule has 8 nitrogen and oxygen atoms in total. The summed E-state index contributed by atoms with van der Waals surface area (Å²) in [6.45, 7) is 4.56. The average molecular weight is 426 g/mol. The molecule has 30 heavy (non-hydrogen) atoms. The number of anilines is 1. The smallest absolute Gasteiger partial charge is 0.441 e. The largest absolute Gasteiger partial charge is 0.448 e. The number of nitrogens with zero attached hydrogens (tertiary/aromatic N) is 2. The van der Waals surface area contributed by atoms with Crippen molar-refractivity contribution in [3.63, 3.8) is 0 Å². The molecule has 0 atom stereocenters. The molecule has 2 aromatic rings. The zero-order chi connectivity index (χ0) is 22.7. The Kier molecular flexibility index (Phi) is 6.34. The Morgan fingerprint density at radius 3 is 2.13 bits per heavy atom. The summed E-state index contributed by atoms with van der Waals surface area (Å²) < 4.78 is 44.2. The van der Waals surface area contributed by atoms with Crippen LogP contribution >= 0.6 is 0 Å². The Morgan fingerprint density at radius 1 is 1.03 bits per heavy atom. The van der Waals surface area contributed by atoms with Crippen LogP contribution < -0.4 is 5.06 Å². The molecule has 0 aromatic heterocycles. The van der Waals surface area contributed by atoms with Gasteiger partial charge in [-0.25, -0.2) is 9.59 Å². The highest BCUT2D eigenvalue weighted by atomic mass is 19.4. The van der Waals surface area contributed by atoms with Gasteiger partial charge in [0, 0.05) is 12.1 Å². The number of rotatable bonds is 3. The molecule has 0 saturated carbocycles. The van der Waals surface area contributed by atoms with Crippen molar-refractivity contribution in [1.82, 2.24) is 0 Å². The van der Waals surface area contributed by atoms with Crippen molar-refractivity contribution in [1.29, 1.82) is 0 Å². The Bertz CT molecular complexity index is 952. The van der Waals surface area contributed by atoms with Gasteiger partial charge in [-0.2, -0.15) is 13.2 Å². The fraction of sp³-hybridized carbons (Fsp3) is 0.263. The van der Waals surface area contributed by atoms with Crippen LogP contribution in [0, 0.1) is 10.1 Å². The van der Waals surface area contributed by atoms with Crippen LogP contribution in [0.25, 0.3) is 0 Å². The van der Waals surface area contributed by atoms with Gasteiger partial charge in [0.05, 0.1) is 21.7 Å². The predicted molar refractivity (Wildman–Crippen MR) is 98.7 cm³/mol. The van der Waals surface area contributed by atoms with Gasteiger partial charge < -0.3 is 9.57 Å². The molecule has 2 rings (SSSR count). The van der Waals surface area contributed by atoms with Gasteiger partial charge in [0.2, 0.25) is 0 Å². The molecular weight excluding hydrogens is 409 g/mol. The van der Waals surface area contributed by atoms with Crippen molar-refractivity contribution in [3.05, 3.63) is 69.8 Å². The van der Waals surface area contributed by atoms with Gasteiger partial charge in [-0.15, -0.1) is 5.06 Å². The number of nitro groups is 1. The van der Waals surface area contributed by atoms with Crippen LogP contribution in [0.1, 0.15) is 36.7 Å². The van der Waals surface area contributed by atoms with E-state index in [-0.39, 0.29) is 11.3 Å². The zero-order valence-electron chi connectivity index (χ0n) is 16.1. The van der Waals surface area contributed by atoms with E-state index < -0.39 is 40.0 Å². The van der Waals surface area contributed by atoms with Gasteiger partial charge in [-0.3, -0.25) is 10.1 Å². The first-order valence-electron chi connectivity index (χ1n) is 8.45. The predicted octanol–water partition coefficient (Wildman–Crippen LogP) is 5.13. The van der Waals surface area contributed by atoms with Crippen molar-refractivity contribution < 1.29 is 37.3 Å². The topological polar surface area (TPSA) is 99.0 Å². The number of non-ortho nitro benzene ring substituents is 1. The third-order valence-electron chi connectivity index (χ3n) is 3.46. The Morgan fingerprint density at radius 2 is 1.63 bits per heavy atom. The number of amides is 1. The van der Waals surface area contributed by atoms with Crippen molar-refractivity contribution in [2.24, 2.45) is 0 Å². The monoisotopic (exact) mass is 426 g/mol. The molecule has 0 N–H and O–H groups in total. The van der Waals surface area contributed by atoms with Crippen LogP contribution in [0.4, 0.5) is 29.3 Å². The fourth-order valence-corrected chi connectivity index (χ4v) is 2.16. The highest BCUT2D eigenvalue weighted by Crippen LogP contribution is 2.32. The van der Waals surface area contributed by atoms with E-state index in [2.05, 4.69) is 0 Å². The minimum Gasteiger partial charge on any atom is -0.441 e. The standard InChI is InChI=1S/C19H17F3N2O6/c1-18(2,3)29-17(26)23(15-6-4-5-13(11-15)19(20,21)22)30-16(25)12-7-9-14(10-8-12)24(27)28/h4-11H,1-3H3. The van der Waals surface area contributed by atoms with Crippen molar-refractivity contribution >= 4 is 23.4 Å². The van der Waals surface area contributed by atoms with Crippen LogP contribution in [0.15, 0.2) is 48.5 Å². The molecule has 0 heterocycles. The quantitative estimate of drug-likeness (QED) is 0.499. The van der Waals surface area contributed by atoms with Gasteiger partial charge in [0.25, 0.3) is 5.69 Å². The van der Waals surface area contributed by atoms with E-state index in [0.29, 0.717) is 11.1 Å². The molecule has 0 bridgehead atoms. The SMILES string of the molecule is CC(C)(C)OC(=O)N(OC(=O)c1ccc([N+](=O)[O-])cc1)c1cccc(C(F)(F)F)c1. The second-order valence-electron chi connectivity index (χ2n) is 7.01. The summed E-state index contributed by atoms with van der Waals surface area (Å²) in [4.78, 5) is 39.9. The number of hydrogen-bond donors (Lipinski definition) is 0. The highest BCUT2D eigenvalue weighted by molar-refractivity contribution is 5.94. The van der Waals surface area contributed by atoms with Crippen LogP contribution in [0.2, 0.25) is 0 Å². The summed E-state index contributed by atoms with van der Waals surface area (Å²) >= 11 is 0. The Labute approximate surface area is 168 Å². The van der Waals surface area contributed by atoms with Crippen molar-refractivity contribution in [2.45, 2.75) is 32.5 Å². The maximum Gasteiger partial charge on any atom is 0.448 e. The molecule has 0 radical (unpaired) electrons. The summed E-state index contributed by atoms with van der Waals surface area (Å²) in [6.07, 6.45) is -5.92. The van der Waals surface area contributed by atoms with Crippen molar-refractivity contribution in [2.75, 3.05) is 5.06 Å². The first-order chi connectivity index (χ1) is 13.8. The number of hydrogen-bond acceptors (Lipinski definition) is 6. The second-order valence-corrected chi connectivity index (χ2v) is 7.01. The molecule has 0 spiro atoms. The van der Waals surface area contributed by atoms with Crippen LogP contribution in [0.3, 0.4) is 0 Å². The Balaban J connectivity index is 2.38. The maximum atomic E-state index is 13.0. The molecule has 0 aliphatic carbocycles. The second kappa shape index (κ2) is 8.39. The Hall–Kier alpha value is -3.63. The summed E-state index contributed by atoms with van der Waals surface area (Å²) in [5.74, 6) is -1.13. The van der Waals surface area contributed by atoms with E-state index in [4.69, 9.17) is 9.57 Å². The van der Waals surface area contributed by atoms with Crippen molar-refractivity contribution in [3.8, 4) is 0 Å². The third kappa shape index (κ3) is 5.93. The number of hydroxylamine groups is 1. The summed E-state index contributed by atoms with van der Waals surface area (Å²) in [5, 5.41) is 11.0. The molecule has 0 aliphatic heterocycles. The van der Waals surface area contributed by atoms with Gasteiger partial charge in [-0.05, 0) is 51.1 Å². The molecular formula is C19H17F3N2O6. The molecule has 0 aliphatic rings. The lowest BCUT2D eigenvalue weighted by atomic mass is 10.2. The highest BCUT2D eigenvalue weighted by Gasteiger charge is 2.33. The molecule has 0 fully saturated rings. The van der Waals surface area contributed by atoms with E-state index in [1.54, 1.807) is 0 Å². The first-order valence-corrected chi connectivity index (χ1v) is 8.45.